The number of halogens is 1. The van der Waals surface area contributed by atoms with E-state index in [2.05, 4.69) is 46.0 Å². The van der Waals surface area contributed by atoms with Gasteiger partial charge in [0.2, 0.25) is 0 Å². The van der Waals surface area contributed by atoms with E-state index < -0.39 is 0 Å². The van der Waals surface area contributed by atoms with Crippen LogP contribution in [0.3, 0.4) is 0 Å². The maximum absolute atomic E-state index is 5.69. The summed E-state index contributed by atoms with van der Waals surface area (Å²) in [6.07, 6.45) is 2.10. The van der Waals surface area contributed by atoms with E-state index in [1.54, 1.807) is 0 Å². The summed E-state index contributed by atoms with van der Waals surface area (Å²) in [5.74, 6) is 2.40. The number of aliphatic imine (C=N–C) groups is 1. The van der Waals surface area contributed by atoms with Crippen LogP contribution in [0.1, 0.15) is 24.3 Å². The molecule has 2 aromatic rings. The lowest BCUT2D eigenvalue weighted by Gasteiger charge is -2.12. The molecule has 3 rings (SSSR count). The van der Waals surface area contributed by atoms with Crippen LogP contribution in [0.15, 0.2) is 65.7 Å². The Labute approximate surface area is 167 Å². The minimum Gasteiger partial charge on any atom is -0.494 e. The molecule has 0 saturated heterocycles. The molecule has 2 aromatic carbocycles. The third kappa shape index (κ3) is 6.23. The van der Waals surface area contributed by atoms with Gasteiger partial charge >= 0.3 is 0 Å². The molecule has 0 heterocycles. The highest BCUT2D eigenvalue weighted by molar-refractivity contribution is 14.0. The average molecular weight is 451 g/mol. The Balaban J connectivity index is 0.00000225. The summed E-state index contributed by atoms with van der Waals surface area (Å²) in [7, 11) is 1.82. The van der Waals surface area contributed by atoms with Crippen LogP contribution < -0.4 is 15.4 Å². The number of hydrogen-bond acceptors (Lipinski definition) is 2. The first-order valence-corrected chi connectivity index (χ1v) is 8.57. The van der Waals surface area contributed by atoms with Gasteiger partial charge in [-0.05, 0) is 30.5 Å². The summed E-state index contributed by atoms with van der Waals surface area (Å²) in [4.78, 5) is 4.31. The lowest BCUT2D eigenvalue weighted by Crippen LogP contribution is -2.39. The molecule has 2 atom stereocenters. The summed E-state index contributed by atoms with van der Waals surface area (Å²) in [6, 6.07) is 21.1. The highest BCUT2D eigenvalue weighted by atomic mass is 127. The maximum Gasteiger partial charge on any atom is 0.191 e. The fourth-order valence-corrected chi connectivity index (χ4v) is 2.78. The van der Waals surface area contributed by atoms with Crippen molar-refractivity contribution in [3.05, 3.63) is 66.2 Å². The van der Waals surface area contributed by atoms with Crippen molar-refractivity contribution < 1.29 is 4.74 Å². The van der Waals surface area contributed by atoms with Crippen molar-refractivity contribution in [2.75, 3.05) is 20.2 Å². The first kappa shape index (κ1) is 19.6. The number of nitrogens with one attached hydrogen (secondary N) is 2. The van der Waals surface area contributed by atoms with Crippen LogP contribution in [0, 0.1) is 0 Å². The number of ether oxygens (including phenoxy) is 1. The van der Waals surface area contributed by atoms with E-state index in [0.29, 0.717) is 18.6 Å². The number of guanidine groups is 1. The Hall–Kier alpha value is -1.76. The lowest BCUT2D eigenvalue weighted by atomic mass is 10.1. The van der Waals surface area contributed by atoms with Crippen molar-refractivity contribution in [1.29, 1.82) is 0 Å². The fourth-order valence-electron chi connectivity index (χ4n) is 2.78. The molecule has 25 heavy (non-hydrogen) atoms. The van der Waals surface area contributed by atoms with Crippen LogP contribution in [0.4, 0.5) is 0 Å². The van der Waals surface area contributed by atoms with Crippen LogP contribution in [0.5, 0.6) is 5.75 Å². The van der Waals surface area contributed by atoms with Gasteiger partial charge in [-0.25, -0.2) is 0 Å². The smallest absolute Gasteiger partial charge is 0.191 e. The van der Waals surface area contributed by atoms with Gasteiger partial charge in [0, 0.05) is 25.6 Å². The van der Waals surface area contributed by atoms with Crippen molar-refractivity contribution in [3.8, 4) is 5.75 Å². The standard InChI is InChI=1S/C20H25N3O.HI/c1-21-20(22-13-8-14-24-17-11-6-3-7-12-17)23-19-15-18(19)16-9-4-2-5-10-16;/h2-7,9-12,18-19H,8,13-15H2,1H3,(H2,21,22,23);1H. The molecule has 0 amide bonds. The van der Waals surface area contributed by atoms with Crippen LogP contribution in [0.25, 0.3) is 0 Å². The Morgan fingerprint density at radius 1 is 1.08 bits per heavy atom. The highest BCUT2D eigenvalue weighted by Crippen LogP contribution is 2.40. The topological polar surface area (TPSA) is 45.7 Å². The van der Waals surface area contributed by atoms with E-state index in [0.717, 1.165) is 24.7 Å². The third-order valence-corrected chi connectivity index (χ3v) is 4.19. The number of hydrogen-bond donors (Lipinski definition) is 2. The van der Waals surface area contributed by atoms with Crippen LogP contribution in [-0.2, 0) is 0 Å². The van der Waals surface area contributed by atoms with Gasteiger partial charge in [0.1, 0.15) is 5.75 Å². The molecule has 0 aromatic heterocycles. The molecule has 0 spiro atoms. The molecule has 5 heteroatoms. The second-order valence-corrected chi connectivity index (χ2v) is 6.02. The van der Waals surface area contributed by atoms with Gasteiger partial charge in [-0.3, -0.25) is 4.99 Å². The van der Waals surface area contributed by atoms with Crippen LogP contribution >= 0.6 is 24.0 Å². The molecule has 134 valence electrons. The Kier molecular flexibility index (Phi) is 8.04. The predicted molar refractivity (Wildman–Crippen MR) is 114 cm³/mol. The van der Waals surface area contributed by atoms with Crippen molar-refractivity contribution in [1.82, 2.24) is 10.6 Å². The highest BCUT2D eigenvalue weighted by Gasteiger charge is 2.38. The zero-order chi connectivity index (χ0) is 16.6. The zero-order valence-corrected chi connectivity index (χ0v) is 16.9. The summed E-state index contributed by atoms with van der Waals surface area (Å²) in [6.45, 7) is 1.54. The summed E-state index contributed by atoms with van der Waals surface area (Å²) in [5.41, 5.74) is 1.40. The number of benzene rings is 2. The largest absolute Gasteiger partial charge is 0.494 e. The summed E-state index contributed by atoms with van der Waals surface area (Å²) < 4.78 is 5.69. The van der Waals surface area contributed by atoms with Crippen LogP contribution in [-0.4, -0.2) is 32.2 Å². The average Bonchev–Trinajstić information content (AvgIpc) is 3.41. The molecule has 0 radical (unpaired) electrons. The maximum atomic E-state index is 5.69. The number of para-hydroxylation sites is 1. The van der Waals surface area contributed by atoms with Crippen LogP contribution in [0.2, 0.25) is 0 Å². The first-order valence-electron chi connectivity index (χ1n) is 8.57. The third-order valence-electron chi connectivity index (χ3n) is 4.19. The van der Waals surface area contributed by atoms with Crippen molar-refractivity contribution in [3.63, 3.8) is 0 Å². The van der Waals surface area contributed by atoms with Gasteiger partial charge in [-0.15, -0.1) is 24.0 Å². The lowest BCUT2D eigenvalue weighted by molar-refractivity contribution is 0.311. The molecule has 2 unspecified atom stereocenters. The quantitative estimate of drug-likeness (QED) is 0.292. The minimum absolute atomic E-state index is 0. The molecule has 1 aliphatic rings. The summed E-state index contributed by atoms with van der Waals surface area (Å²) >= 11 is 0. The monoisotopic (exact) mass is 451 g/mol. The molecule has 0 aliphatic heterocycles. The molecular weight excluding hydrogens is 425 g/mol. The van der Waals surface area contributed by atoms with E-state index in [4.69, 9.17) is 4.74 Å². The molecule has 0 bridgehead atoms. The van der Waals surface area contributed by atoms with Gasteiger partial charge in [-0.1, -0.05) is 48.5 Å². The van der Waals surface area contributed by atoms with E-state index in [9.17, 15) is 0 Å². The second kappa shape index (κ2) is 10.3. The van der Waals surface area contributed by atoms with Gasteiger partial charge in [-0.2, -0.15) is 0 Å². The molecule has 1 fully saturated rings. The first-order chi connectivity index (χ1) is 11.9. The fraction of sp³-hybridized carbons (Fsp3) is 0.350. The predicted octanol–water partition coefficient (Wildman–Crippen LogP) is 3.79. The van der Waals surface area contributed by atoms with Crippen molar-refractivity contribution in [2.45, 2.75) is 24.8 Å². The SMILES string of the molecule is CN=C(NCCCOc1ccccc1)NC1CC1c1ccccc1.I. The molecular formula is C20H26IN3O. The Bertz CT molecular complexity index is 649. The zero-order valence-electron chi connectivity index (χ0n) is 14.5. The van der Waals surface area contributed by atoms with E-state index >= 15 is 0 Å². The van der Waals surface area contributed by atoms with Gasteiger partial charge in [0.15, 0.2) is 5.96 Å². The number of nitrogens with zero attached hydrogens (tertiary/aromatic N) is 1. The van der Waals surface area contributed by atoms with Gasteiger partial charge in [0.25, 0.3) is 0 Å². The minimum atomic E-state index is 0. The Morgan fingerprint density at radius 3 is 2.44 bits per heavy atom. The van der Waals surface area contributed by atoms with Gasteiger partial charge in [0.05, 0.1) is 6.61 Å². The van der Waals surface area contributed by atoms with E-state index in [1.807, 2.05) is 37.4 Å². The molecule has 2 N–H and O–H groups in total. The Morgan fingerprint density at radius 2 is 1.76 bits per heavy atom. The molecule has 1 saturated carbocycles. The van der Waals surface area contributed by atoms with E-state index in [-0.39, 0.29) is 24.0 Å². The second-order valence-electron chi connectivity index (χ2n) is 6.02. The number of rotatable bonds is 7. The normalized spacial score (nSPS) is 18.8. The van der Waals surface area contributed by atoms with Gasteiger partial charge < -0.3 is 15.4 Å². The molecule has 1 aliphatic carbocycles. The summed E-state index contributed by atoms with van der Waals surface area (Å²) in [5, 5.41) is 6.85. The van der Waals surface area contributed by atoms with Crippen molar-refractivity contribution >= 4 is 29.9 Å². The van der Waals surface area contributed by atoms with E-state index in [1.165, 1.54) is 12.0 Å². The molecule has 4 nitrogen and oxygen atoms in total. The van der Waals surface area contributed by atoms with Crippen molar-refractivity contribution in [2.24, 2.45) is 4.99 Å².